The highest BCUT2D eigenvalue weighted by atomic mass is 35.5. The van der Waals surface area contributed by atoms with Gasteiger partial charge in [0.2, 0.25) is 0 Å². The molecule has 0 radical (unpaired) electrons. The maximum Gasteiger partial charge on any atom is 0.326 e. The van der Waals surface area contributed by atoms with E-state index in [1.165, 1.54) is 12.1 Å². The number of hydrogen-bond donors (Lipinski definition) is 3. The molecule has 0 unspecified atom stereocenters. The number of hydrogen-bond acceptors (Lipinski definition) is 2. The molecule has 0 aliphatic heterocycles. The van der Waals surface area contributed by atoms with Crippen LogP contribution in [0.1, 0.15) is 13.8 Å². The number of halogens is 2. The topological polar surface area (TPSA) is 78.4 Å². The molecule has 1 rings (SSSR count). The lowest BCUT2D eigenvalue weighted by Crippen LogP contribution is -2.46. The number of carbonyl (C=O) groups excluding carboxylic acids is 1. The first-order valence-electron chi connectivity index (χ1n) is 5.56. The summed E-state index contributed by atoms with van der Waals surface area (Å²) in [6.07, 6.45) is 0. The van der Waals surface area contributed by atoms with E-state index < -0.39 is 18.0 Å². The van der Waals surface area contributed by atoms with E-state index in [1.807, 2.05) is 0 Å². The Bertz CT molecular complexity index is 492. The van der Waals surface area contributed by atoms with E-state index in [-0.39, 0.29) is 5.92 Å². The number of amides is 2. The number of rotatable bonds is 4. The average molecular weight is 305 g/mol. The second-order valence-electron chi connectivity index (χ2n) is 4.29. The van der Waals surface area contributed by atoms with Crippen LogP contribution in [0.15, 0.2) is 18.2 Å². The van der Waals surface area contributed by atoms with E-state index in [9.17, 15) is 9.59 Å². The van der Waals surface area contributed by atoms with E-state index in [2.05, 4.69) is 10.6 Å². The van der Waals surface area contributed by atoms with Crippen LogP contribution in [0.25, 0.3) is 0 Å². The average Bonchev–Trinajstić information content (AvgIpc) is 2.30. The summed E-state index contributed by atoms with van der Waals surface area (Å²) < 4.78 is 0. The predicted octanol–water partition coefficient (Wildman–Crippen LogP) is 3.22. The van der Waals surface area contributed by atoms with E-state index in [0.717, 1.165) is 0 Å². The van der Waals surface area contributed by atoms with E-state index in [0.29, 0.717) is 15.7 Å². The largest absolute Gasteiger partial charge is 0.480 e. The maximum absolute atomic E-state index is 11.7. The maximum atomic E-state index is 11.7. The Morgan fingerprint density at radius 1 is 1.21 bits per heavy atom. The summed E-state index contributed by atoms with van der Waals surface area (Å²) >= 11 is 11.6. The summed E-state index contributed by atoms with van der Waals surface area (Å²) in [5.74, 6) is -1.31. The molecule has 1 aromatic rings. The first-order valence-corrected chi connectivity index (χ1v) is 6.32. The van der Waals surface area contributed by atoms with Crippen molar-refractivity contribution in [3.8, 4) is 0 Å². The number of carbonyl (C=O) groups is 2. The van der Waals surface area contributed by atoms with Gasteiger partial charge in [-0.1, -0.05) is 37.0 Å². The van der Waals surface area contributed by atoms with Crippen molar-refractivity contribution in [3.05, 3.63) is 28.2 Å². The first kappa shape index (κ1) is 15.6. The Morgan fingerprint density at radius 3 is 2.32 bits per heavy atom. The molecule has 7 heteroatoms. The molecular weight excluding hydrogens is 291 g/mol. The molecule has 2 amide bonds. The fraction of sp³-hybridized carbons (Fsp3) is 0.333. The number of aliphatic carboxylic acids is 1. The Hall–Kier alpha value is -1.46. The summed E-state index contributed by atoms with van der Waals surface area (Å²) in [7, 11) is 0. The van der Waals surface area contributed by atoms with Crippen molar-refractivity contribution in [2.45, 2.75) is 19.9 Å². The molecule has 1 atom stereocenters. The minimum atomic E-state index is -1.08. The lowest BCUT2D eigenvalue weighted by Gasteiger charge is -2.18. The third-order valence-corrected chi connectivity index (χ3v) is 3.14. The van der Waals surface area contributed by atoms with E-state index >= 15 is 0 Å². The molecule has 19 heavy (non-hydrogen) atoms. The Labute approximate surface area is 120 Å². The fourth-order valence-corrected chi connectivity index (χ4v) is 1.69. The Kier molecular flexibility index (Phi) is 5.44. The number of benzene rings is 1. The van der Waals surface area contributed by atoms with Gasteiger partial charge in [0.15, 0.2) is 0 Å². The van der Waals surface area contributed by atoms with Crippen molar-refractivity contribution in [1.29, 1.82) is 0 Å². The SMILES string of the molecule is CC(C)[C@@H](NC(=O)Nc1ccc(Cl)c(Cl)c1)C(=O)O. The first-order chi connectivity index (χ1) is 8.81. The molecule has 5 nitrogen and oxygen atoms in total. The van der Waals surface area contributed by atoms with E-state index in [4.69, 9.17) is 28.3 Å². The van der Waals surface area contributed by atoms with Crippen molar-refractivity contribution >= 4 is 40.9 Å². The van der Waals surface area contributed by atoms with Crippen LogP contribution in [0.5, 0.6) is 0 Å². The predicted molar refractivity (Wildman–Crippen MR) is 74.9 cm³/mol. The van der Waals surface area contributed by atoms with Crippen molar-refractivity contribution in [2.24, 2.45) is 5.92 Å². The molecule has 3 N–H and O–H groups in total. The van der Waals surface area contributed by atoms with Crippen molar-refractivity contribution in [1.82, 2.24) is 5.32 Å². The summed E-state index contributed by atoms with van der Waals surface area (Å²) in [6, 6.07) is 3.02. The molecule has 0 aliphatic carbocycles. The van der Waals surface area contributed by atoms with Crippen LogP contribution in [0.4, 0.5) is 10.5 Å². The van der Waals surface area contributed by atoms with Crippen molar-refractivity contribution < 1.29 is 14.7 Å². The van der Waals surface area contributed by atoms with Crippen LogP contribution in [0.2, 0.25) is 10.0 Å². The zero-order valence-corrected chi connectivity index (χ0v) is 11.9. The number of carboxylic acid groups (broad SMARTS) is 1. The molecule has 0 aromatic heterocycles. The smallest absolute Gasteiger partial charge is 0.326 e. The standard InChI is InChI=1S/C12H14Cl2N2O3/c1-6(2)10(11(17)18)16-12(19)15-7-3-4-8(13)9(14)5-7/h3-6,10H,1-2H3,(H,17,18)(H2,15,16,19)/t10-/m1/s1. The second-order valence-corrected chi connectivity index (χ2v) is 5.10. The highest BCUT2D eigenvalue weighted by molar-refractivity contribution is 6.42. The van der Waals surface area contributed by atoms with Gasteiger partial charge in [-0.15, -0.1) is 0 Å². The molecular formula is C12H14Cl2N2O3. The zero-order chi connectivity index (χ0) is 14.6. The van der Waals surface area contributed by atoms with Gasteiger partial charge >= 0.3 is 12.0 Å². The number of carboxylic acids is 1. The molecule has 1 aromatic carbocycles. The Balaban J connectivity index is 2.69. The van der Waals surface area contributed by atoms with Crippen LogP contribution in [-0.4, -0.2) is 23.1 Å². The molecule has 104 valence electrons. The zero-order valence-electron chi connectivity index (χ0n) is 10.4. The number of urea groups is 1. The molecule has 0 spiro atoms. The normalized spacial score (nSPS) is 12.1. The summed E-state index contributed by atoms with van der Waals surface area (Å²) in [4.78, 5) is 22.6. The molecule has 0 saturated heterocycles. The number of anilines is 1. The van der Waals surface area contributed by atoms with Crippen LogP contribution >= 0.6 is 23.2 Å². The summed E-state index contributed by atoms with van der Waals surface area (Å²) in [6.45, 7) is 3.41. The van der Waals surface area contributed by atoms with Gasteiger partial charge in [0.25, 0.3) is 0 Å². The van der Waals surface area contributed by atoms with Gasteiger partial charge in [-0.3, -0.25) is 0 Å². The van der Waals surface area contributed by atoms with Crippen LogP contribution in [0.3, 0.4) is 0 Å². The van der Waals surface area contributed by atoms with Crippen molar-refractivity contribution in [3.63, 3.8) is 0 Å². The van der Waals surface area contributed by atoms with Gasteiger partial charge in [0, 0.05) is 5.69 Å². The van der Waals surface area contributed by atoms with Crippen LogP contribution in [0, 0.1) is 5.92 Å². The molecule has 0 fully saturated rings. The van der Waals surface area contributed by atoms with E-state index in [1.54, 1.807) is 19.9 Å². The molecule has 0 heterocycles. The lowest BCUT2D eigenvalue weighted by atomic mass is 10.1. The van der Waals surface area contributed by atoms with Gasteiger partial charge in [-0.2, -0.15) is 0 Å². The van der Waals surface area contributed by atoms with Crippen molar-refractivity contribution in [2.75, 3.05) is 5.32 Å². The lowest BCUT2D eigenvalue weighted by molar-refractivity contribution is -0.140. The number of nitrogens with one attached hydrogen (secondary N) is 2. The summed E-state index contributed by atoms with van der Waals surface area (Å²) in [5, 5.41) is 14.5. The van der Waals surface area contributed by atoms with Gasteiger partial charge in [-0.25, -0.2) is 9.59 Å². The third kappa shape index (κ3) is 4.61. The third-order valence-electron chi connectivity index (χ3n) is 2.40. The molecule has 0 saturated carbocycles. The molecule has 0 aliphatic rings. The highest BCUT2D eigenvalue weighted by Gasteiger charge is 2.23. The van der Waals surface area contributed by atoms with Gasteiger partial charge < -0.3 is 15.7 Å². The Morgan fingerprint density at radius 2 is 1.84 bits per heavy atom. The monoisotopic (exact) mass is 304 g/mol. The highest BCUT2D eigenvalue weighted by Crippen LogP contribution is 2.24. The second kappa shape index (κ2) is 6.63. The summed E-state index contributed by atoms with van der Waals surface area (Å²) in [5.41, 5.74) is 0.430. The van der Waals surface area contributed by atoms with Crippen LogP contribution in [-0.2, 0) is 4.79 Å². The minimum Gasteiger partial charge on any atom is -0.480 e. The van der Waals surface area contributed by atoms with Gasteiger partial charge in [0.1, 0.15) is 6.04 Å². The quantitative estimate of drug-likeness (QED) is 0.799. The van der Waals surface area contributed by atoms with Crippen LogP contribution < -0.4 is 10.6 Å². The molecule has 0 bridgehead atoms. The fourth-order valence-electron chi connectivity index (χ4n) is 1.40. The minimum absolute atomic E-state index is 0.225. The van der Waals surface area contributed by atoms with Gasteiger partial charge in [-0.05, 0) is 24.1 Å². The van der Waals surface area contributed by atoms with Gasteiger partial charge in [0.05, 0.1) is 10.0 Å².